The van der Waals surface area contributed by atoms with Crippen LogP contribution in [-0.4, -0.2) is 10.5 Å². The predicted molar refractivity (Wildman–Crippen MR) is 57.2 cm³/mol. The van der Waals surface area contributed by atoms with Crippen LogP contribution in [0.5, 0.6) is 0 Å². The molecule has 0 saturated heterocycles. The van der Waals surface area contributed by atoms with Crippen LogP contribution in [0.4, 0.5) is 5.69 Å². The van der Waals surface area contributed by atoms with Crippen molar-refractivity contribution in [3.05, 3.63) is 43.1 Å². The van der Waals surface area contributed by atoms with Crippen LogP contribution in [-0.2, 0) is 0 Å². The van der Waals surface area contributed by atoms with Crippen molar-refractivity contribution in [1.29, 1.82) is 0 Å². The summed E-state index contributed by atoms with van der Waals surface area (Å²) < 4.78 is 1.50. The summed E-state index contributed by atoms with van der Waals surface area (Å²) in [5, 5.41) is 0.891. The van der Waals surface area contributed by atoms with Crippen LogP contribution in [0.15, 0.2) is 43.1 Å². The summed E-state index contributed by atoms with van der Waals surface area (Å²) >= 11 is 0. The topological polar surface area (TPSA) is 48.0 Å². The molecule has 0 aliphatic carbocycles. The number of para-hydroxylation sites is 1. The second kappa shape index (κ2) is 3.03. The minimum Gasteiger partial charge on any atom is -0.397 e. The average molecular weight is 186 g/mol. The third kappa shape index (κ3) is 1.10. The summed E-state index contributed by atoms with van der Waals surface area (Å²) in [5.74, 6) is -0.169. The van der Waals surface area contributed by atoms with Gasteiger partial charge in [-0.25, -0.2) is 0 Å². The van der Waals surface area contributed by atoms with Gasteiger partial charge in [0.05, 0.1) is 11.2 Å². The van der Waals surface area contributed by atoms with Crippen LogP contribution in [0.25, 0.3) is 10.9 Å². The van der Waals surface area contributed by atoms with E-state index in [9.17, 15) is 4.79 Å². The SMILES string of the molecule is C=CC(=O)n1cc(N)c2ccccc21. The van der Waals surface area contributed by atoms with Gasteiger partial charge in [-0.1, -0.05) is 24.8 Å². The van der Waals surface area contributed by atoms with E-state index in [4.69, 9.17) is 5.73 Å². The first-order valence-corrected chi connectivity index (χ1v) is 4.26. The van der Waals surface area contributed by atoms with E-state index in [1.165, 1.54) is 10.6 Å². The summed E-state index contributed by atoms with van der Waals surface area (Å²) in [5.41, 5.74) is 7.18. The van der Waals surface area contributed by atoms with Crippen LogP contribution in [0.3, 0.4) is 0 Å². The van der Waals surface area contributed by atoms with Gasteiger partial charge >= 0.3 is 0 Å². The Balaban J connectivity index is 2.78. The number of anilines is 1. The lowest BCUT2D eigenvalue weighted by Crippen LogP contribution is -2.04. The Bertz CT molecular complexity index is 511. The lowest BCUT2D eigenvalue weighted by Gasteiger charge is -1.97. The van der Waals surface area contributed by atoms with Gasteiger partial charge in [0.25, 0.3) is 5.91 Å². The number of benzene rings is 1. The lowest BCUT2D eigenvalue weighted by molar-refractivity contribution is 0.0974. The maximum Gasteiger partial charge on any atom is 0.254 e. The van der Waals surface area contributed by atoms with Crippen LogP contribution >= 0.6 is 0 Å². The van der Waals surface area contributed by atoms with E-state index in [0.717, 1.165) is 10.9 Å². The van der Waals surface area contributed by atoms with Gasteiger partial charge < -0.3 is 5.73 Å². The Morgan fingerprint density at radius 2 is 2.14 bits per heavy atom. The molecule has 2 rings (SSSR count). The van der Waals surface area contributed by atoms with Gasteiger partial charge in [0.1, 0.15) is 0 Å². The molecule has 3 heteroatoms. The second-order valence-corrected chi connectivity index (χ2v) is 3.01. The molecular formula is C11H10N2O. The lowest BCUT2D eigenvalue weighted by atomic mass is 10.2. The monoisotopic (exact) mass is 186 g/mol. The smallest absolute Gasteiger partial charge is 0.254 e. The summed E-state index contributed by atoms with van der Waals surface area (Å²) in [6, 6.07) is 7.50. The van der Waals surface area contributed by atoms with E-state index >= 15 is 0 Å². The van der Waals surface area contributed by atoms with Crippen LogP contribution in [0.2, 0.25) is 0 Å². The first kappa shape index (κ1) is 8.56. The normalized spacial score (nSPS) is 10.3. The molecule has 0 amide bonds. The Morgan fingerprint density at radius 1 is 1.43 bits per heavy atom. The Labute approximate surface area is 81.4 Å². The highest BCUT2D eigenvalue weighted by molar-refractivity contribution is 6.02. The van der Waals surface area contributed by atoms with Crippen LogP contribution in [0.1, 0.15) is 4.79 Å². The van der Waals surface area contributed by atoms with Crippen molar-refractivity contribution in [1.82, 2.24) is 4.57 Å². The first-order chi connectivity index (χ1) is 6.74. The van der Waals surface area contributed by atoms with Gasteiger partial charge in [-0.15, -0.1) is 0 Å². The average Bonchev–Trinajstić information content (AvgIpc) is 2.56. The summed E-state index contributed by atoms with van der Waals surface area (Å²) in [6.45, 7) is 3.44. The molecule has 0 fully saturated rings. The fourth-order valence-electron chi connectivity index (χ4n) is 1.49. The quantitative estimate of drug-likeness (QED) is 0.693. The number of carbonyl (C=O) groups is 1. The fraction of sp³-hybridized carbons (Fsp3) is 0. The number of nitrogens with zero attached hydrogens (tertiary/aromatic N) is 1. The number of hydrogen-bond donors (Lipinski definition) is 1. The number of nitrogen functional groups attached to an aromatic ring is 1. The van der Waals surface area contributed by atoms with Crippen molar-refractivity contribution in [3.63, 3.8) is 0 Å². The number of nitrogens with two attached hydrogens (primary N) is 1. The molecule has 0 aliphatic rings. The molecule has 0 bridgehead atoms. The molecule has 0 saturated carbocycles. The van der Waals surface area contributed by atoms with E-state index in [0.29, 0.717) is 5.69 Å². The third-order valence-electron chi connectivity index (χ3n) is 2.15. The molecule has 0 spiro atoms. The zero-order valence-electron chi connectivity index (χ0n) is 7.60. The van der Waals surface area contributed by atoms with Gasteiger partial charge in [-0.2, -0.15) is 0 Å². The van der Waals surface area contributed by atoms with Crippen molar-refractivity contribution in [2.75, 3.05) is 5.73 Å². The number of hydrogen-bond acceptors (Lipinski definition) is 2. The van der Waals surface area contributed by atoms with E-state index in [1.54, 1.807) is 6.20 Å². The van der Waals surface area contributed by atoms with E-state index in [1.807, 2.05) is 24.3 Å². The molecule has 2 aromatic rings. The molecule has 0 atom stereocenters. The van der Waals surface area contributed by atoms with Crippen LogP contribution in [0, 0.1) is 0 Å². The third-order valence-corrected chi connectivity index (χ3v) is 2.15. The minimum absolute atomic E-state index is 0.169. The Kier molecular flexibility index (Phi) is 1.85. The van der Waals surface area contributed by atoms with Crippen molar-refractivity contribution in [3.8, 4) is 0 Å². The molecule has 0 radical (unpaired) electrons. The maximum absolute atomic E-state index is 11.4. The molecule has 14 heavy (non-hydrogen) atoms. The summed E-state index contributed by atoms with van der Waals surface area (Å²) in [7, 11) is 0. The molecule has 0 aliphatic heterocycles. The maximum atomic E-state index is 11.4. The van der Waals surface area contributed by atoms with Crippen molar-refractivity contribution >= 4 is 22.5 Å². The molecule has 1 heterocycles. The Morgan fingerprint density at radius 3 is 2.86 bits per heavy atom. The number of allylic oxidation sites excluding steroid dienone is 1. The zero-order chi connectivity index (χ0) is 10.1. The van der Waals surface area contributed by atoms with Crippen molar-refractivity contribution < 1.29 is 4.79 Å². The van der Waals surface area contributed by atoms with Gasteiger partial charge in [0.2, 0.25) is 0 Å². The van der Waals surface area contributed by atoms with Crippen molar-refractivity contribution in [2.24, 2.45) is 0 Å². The van der Waals surface area contributed by atoms with E-state index in [-0.39, 0.29) is 5.91 Å². The fourth-order valence-corrected chi connectivity index (χ4v) is 1.49. The highest BCUT2D eigenvalue weighted by Crippen LogP contribution is 2.22. The molecule has 2 N–H and O–H groups in total. The zero-order valence-corrected chi connectivity index (χ0v) is 7.60. The highest BCUT2D eigenvalue weighted by Gasteiger charge is 2.08. The van der Waals surface area contributed by atoms with Gasteiger partial charge in [-0.05, 0) is 12.1 Å². The standard InChI is InChI=1S/C11H10N2O/c1-2-11(14)13-7-9(12)8-5-3-4-6-10(8)13/h2-7H,1,12H2. The number of fused-ring (bicyclic) bond motifs is 1. The number of rotatable bonds is 1. The molecule has 0 unspecified atom stereocenters. The largest absolute Gasteiger partial charge is 0.397 e. The van der Waals surface area contributed by atoms with Crippen LogP contribution < -0.4 is 5.73 Å². The van der Waals surface area contributed by atoms with Crippen molar-refractivity contribution in [2.45, 2.75) is 0 Å². The molecular weight excluding hydrogens is 176 g/mol. The predicted octanol–water partition coefficient (Wildman–Crippen LogP) is 2.05. The van der Waals surface area contributed by atoms with Gasteiger partial charge in [0.15, 0.2) is 0 Å². The Hall–Kier alpha value is -2.03. The highest BCUT2D eigenvalue weighted by atomic mass is 16.1. The minimum atomic E-state index is -0.169. The van der Waals surface area contributed by atoms with E-state index < -0.39 is 0 Å². The van der Waals surface area contributed by atoms with Gasteiger partial charge in [0, 0.05) is 11.6 Å². The molecule has 1 aromatic heterocycles. The molecule has 3 nitrogen and oxygen atoms in total. The summed E-state index contributed by atoms with van der Waals surface area (Å²) in [6.07, 6.45) is 2.89. The van der Waals surface area contributed by atoms with Gasteiger partial charge in [-0.3, -0.25) is 9.36 Å². The summed E-state index contributed by atoms with van der Waals surface area (Å²) in [4.78, 5) is 11.4. The molecule has 1 aromatic carbocycles. The first-order valence-electron chi connectivity index (χ1n) is 4.26. The number of carbonyl (C=O) groups excluding carboxylic acids is 1. The van der Waals surface area contributed by atoms with E-state index in [2.05, 4.69) is 6.58 Å². The second-order valence-electron chi connectivity index (χ2n) is 3.01. The number of aromatic nitrogens is 1. The molecule has 70 valence electrons.